The number of nitro groups is 1. The van der Waals surface area contributed by atoms with Gasteiger partial charge in [0.05, 0.1) is 22.7 Å². The highest BCUT2D eigenvalue weighted by Crippen LogP contribution is 2.32. The Morgan fingerprint density at radius 3 is 2.67 bits per heavy atom. The molecule has 1 amide bonds. The van der Waals surface area contributed by atoms with Crippen molar-refractivity contribution < 1.29 is 14.5 Å². The Balaban J connectivity index is 2.28. The standard InChI is InChI=1S/C14H11ClN2O4/c1-21-13-11(15)6-3-7-12(13)16-14(18)9-4-2-5-10(8-9)17(19)20/h2-8H,1H3,(H,16,18). The van der Waals surface area contributed by atoms with Crippen LogP contribution < -0.4 is 10.1 Å². The van der Waals surface area contributed by atoms with E-state index in [1.165, 1.54) is 31.4 Å². The van der Waals surface area contributed by atoms with Crippen molar-refractivity contribution in [1.29, 1.82) is 0 Å². The number of carbonyl (C=O) groups is 1. The zero-order valence-electron chi connectivity index (χ0n) is 11.0. The van der Waals surface area contributed by atoms with Crippen LogP contribution >= 0.6 is 11.6 Å². The number of non-ortho nitro benzene ring substituents is 1. The molecule has 0 saturated heterocycles. The summed E-state index contributed by atoms with van der Waals surface area (Å²) in [5.74, 6) is -0.155. The molecule has 0 radical (unpaired) electrons. The second kappa shape index (κ2) is 6.23. The van der Waals surface area contributed by atoms with Crippen molar-refractivity contribution in [3.63, 3.8) is 0 Å². The summed E-state index contributed by atoms with van der Waals surface area (Å²) in [7, 11) is 1.43. The number of methoxy groups -OCH3 is 1. The molecule has 0 fully saturated rings. The Morgan fingerprint density at radius 2 is 2.00 bits per heavy atom. The maximum Gasteiger partial charge on any atom is 0.270 e. The van der Waals surface area contributed by atoms with Crippen molar-refractivity contribution in [2.45, 2.75) is 0 Å². The Labute approximate surface area is 125 Å². The number of anilines is 1. The molecule has 1 N–H and O–H groups in total. The number of amides is 1. The predicted molar refractivity (Wildman–Crippen MR) is 79.1 cm³/mol. The summed E-state index contributed by atoms with van der Waals surface area (Å²) in [6.07, 6.45) is 0. The lowest BCUT2D eigenvalue weighted by Gasteiger charge is -2.11. The van der Waals surface area contributed by atoms with Crippen molar-refractivity contribution in [3.8, 4) is 5.75 Å². The topological polar surface area (TPSA) is 81.5 Å². The molecular weight excluding hydrogens is 296 g/mol. The summed E-state index contributed by atoms with van der Waals surface area (Å²) in [5.41, 5.74) is 0.411. The fraction of sp³-hybridized carbons (Fsp3) is 0.0714. The monoisotopic (exact) mass is 306 g/mol. The summed E-state index contributed by atoms with van der Waals surface area (Å²) >= 11 is 5.96. The van der Waals surface area contributed by atoms with Gasteiger partial charge in [0, 0.05) is 17.7 Å². The highest BCUT2D eigenvalue weighted by atomic mass is 35.5. The van der Waals surface area contributed by atoms with Crippen LogP contribution in [0.4, 0.5) is 11.4 Å². The van der Waals surface area contributed by atoms with Crippen molar-refractivity contribution in [1.82, 2.24) is 0 Å². The van der Waals surface area contributed by atoms with Gasteiger partial charge < -0.3 is 10.1 Å². The summed E-state index contributed by atoms with van der Waals surface area (Å²) in [6.45, 7) is 0. The normalized spacial score (nSPS) is 10.0. The first-order valence-electron chi connectivity index (χ1n) is 5.91. The van der Waals surface area contributed by atoms with E-state index in [9.17, 15) is 14.9 Å². The Bertz CT molecular complexity index is 703. The summed E-state index contributed by atoms with van der Waals surface area (Å²) < 4.78 is 5.12. The first kappa shape index (κ1) is 14.8. The van der Waals surface area contributed by atoms with E-state index < -0.39 is 10.8 Å². The first-order valence-corrected chi connectivity index (χ1v) is 6.29. The van der Waals surface area contributed by atoms with E-state index in [0.717, 1.165) is 0 Å². The van der Waals surface area contributed by atoms with Gasteiger partial charge in [-0.25, -0.2) is 0 Å². The number of benzene rings is 2. The molecule has 2 aromatic rings. The molecule has 21 heavy (non-hydrogen) atoms. The van der Waals surface area contributed by atoms with E-state index in [0.29, 0.717) is 16.5 Å². The largest absolute Gasteiger partial charge is 0.493 e. The zero-order chi connectivity index (χ0) is 15.4. The molecule has 2 aromatic carbocycles. The summed E-state index contributed by atoms with van der Waals surface area (Å²) in [5, 5.41) is 13.7. The third kappa shape index (κ3) is 3.29. The molecule has 0 saturated carbocycles. The minimum atomic E-state index is -0.559. The number of halogens is 1. The molecule has 7 heteroatoms. The van der Waals surface area contributed by atoms with Gasteiger partial charge >= 0.3 is 0 Å². The molecule has 6 nitrogen and oxygen atoms in total. The number of para-hydroxylation sites is 1. The number of nitro benzene ring substituents is 1. The molecule has 108 valence electrons. The minimum Gasteiger partial charge on any atom is -0.493 e. The van der Waals surface area contributed by atoms with Crippen LogP contribution in [0.25, 0.3) is 0 Å². The van der Waals surface area contributed by atoms with Crippen molar-refractivity contribution in [3.05, 3.63) is 63.2 Å². The number of rotatable bonds is 4. The number of hydrogen-bond acceptors (Lipinski definition) is 4. The smallest absolute Gasteiger partial charge is 0.270 e. The van der Waals surface area contributed by atoms with Crippen molar-refractivity contribution in [2.75, 3.05) is 12.4 Å². The molecule has 0 unspecified atom stereocenters. The van der Waals surface area contributed by atoms with Gasteiger partial charge in [-0.15, -0.1) is 0 Å². The number of ether oxygens (including phenoxy) is 1. The molecule has 2 rings (SSSR count). The number of nitrogens with one attached hydrogen (secondary N) is 1. The number of nitrogens with zero attached hydrogens (tertiary/aromatic N) is 1. The van der Waals surface area contributed by atoms with Crippen LogP contribution in [0.5, 0.6) is 5.75 Å². The van der Waals surface area contributed by atoms with Gasteiger partial charge in [0.2, 0.25) is 0 Å². The molecule has 0 aliphatic heterocycles. The van der Waals surface area contributed by atoms with Crippen LogP contribution in [0, 0.1) is 10.1 Å². The predicted octanol–water partition coefficient (Wildman–Crippen LogP) is 3.51. The van der Waals surface area contributed by atoms with Gasteiger partial charge in [-0.1, -0.05) is 23.7 Å². The molecule has 0 aromatic heterocycles. The SMILES string of the molecule is COc1c(Cl)cccc1NC(=O)c1cccc([N+](=O)[O-])c1. The molecule has 0 atom stereocenters. The van der Waals surface area contributed by atoms with Crippen LogP contribution in [0.1, 0.15) is 10.4 Å². The van der Waals surface area contributed by atoms with Gasteiger partial charge in [-0.05, 0) is 18.2 Å². The molecule has 0 aliphatic rings. The lowest BCUT2D eigenvalue weighted by Crippen LogP contribution is -2.13. The van der Waals surface area contributed by atoms with Gasteiger partial charge in [-0.3, -0.25) is 14.9 Å². The molecule has 0 aliphatic carbocycles. The lowest BCUT2D eigenvalue weighted by molar-refractivity contribution is -0.384. The Kier molecular flexibility index (Phi) is 4.39. The van der Waals surface area contributed by atoms with E-state index in [4.69, 9.17) is 16.3 Å². The van der Waals surface area contributed by atoms with Gasteiger partial charge in [0.1, 0.15) is 0 Å². The quantitative estimate of drug-likeness (QED) is 0.692. The third-order valence-electron chi connectivity index (χ3n) is 2.74. The molecule has 0 bridgehead atoms. The van der Waals surface area contributed by atoms with Crippen LogP contribution in [0.15, 0.2) is 42.5 Å². The van der Waals surface area contributed by atoms with Crippen molar-refractivity contribution in [2.24, 2.45) is 0 Å². The van der Waals surface area contributed by atoms with E-state index in [2.05, 4.69) is 5.32 Å². The van der Waals surface area contributed by atoms with Crippen molar-refractivity contribution >= 4 is 28.9 Å². The Hall–Kier alpha value is -2.60. The second-order valence-electron chi connectivity index (χ2n) is 4.08. The molecule has 0 heterocycles. The minimum absolute atomic E-state index is 0.152. The number of hydrogen-bond donors (Lipinski definition) is 1. The van der Waals surface area contributed by atoms with E-state index in [1.54, 1.807) is 18.2 Å². The first-order chi connectivity index (χ1) is 10.0. The molecule has 0 spiro atoms. The average Bonchev–Trinajstić information content (AvgIpc) is 2.47. The lowest BCUT2D eigenvalue weighted by atomic mass is 10.2. The van der Waals surface area contributed by atoms with E-state index in [-0.39, 0.29) is 11.3 Å². The second-order valence-corrected chi connectivity index (χ2v) is 4.49. The van der Waals surface area contributed by atoms with E-state index >= 15 is 0 Å². The highest BCUT2D eigenvalue weighted by Gasteiger charge is 2.14. The van der Waals surface area contributed by atoms with Crippen LogP contribution in [-0.2, 0) is 0 Å². The summed E-state index contributed by atoms with van der Waals surface area (Å²) in [6, 6.07) is 10.4. The van der Waals surface area contributed by atoms with Gasteiger partial charge in [0.15, 0.2) is 5.75 Å². The fourth-order valence-corrected chi connectivity index (χ4v) is 2.02. The maximum atomic E-state index is 12.1. The van der Waals surface area contributed by atoms with Crippen LogP contribution in [-0.4, -0.2) is 17.9 Å². The summed E-state index contributed by atoms with van der Waals surface area (Å²) in [4.78, 5) is 22.3. The van der Waals surface area contributed by atoms with Crippen LogP contribution in [0.2, 0.25) is 5.02 Å². The van der Waals surface area contributed by atoms with Gasteiger partial charge in [0.25, 0.3) is 11.6 Å². The highest BCUT2D eigenvalue weighted by molar-refractivity contribution is 6.32. The number of carbonyl (C=O) groups excluding carboxylic acids is 1. The van der Waals surface area contributed by atoms with Gasteiger partial charge in [-0.2, -0.15) is 0 Å². The van der Waals surface area contributed by atoms with E-state index in [1.807, 2.05) is 0 Å². The third-order valence-corrected chi connectivity index (χ3v) is 3.04. The fourth-order valence-electron chi connectivity index (χ4n) is 1.77. The zero-order valence-corrected chi connectivity index (χ0v) is 11.8. The van der Waals surface area contributed by atoms with Crippen LogP contribution in [0.3, 0.4) is 0 Å². The Morgan fingerprint density at radius 1 is 1.29 bits per heavy atom. The molecular formula is C14H11ClN2O4. The maximum absolute atomic E-state index is 12.1. The average molecular weight is 307 g/mol.